The first kappa shape index (κ1) is 11.0. The number of hydrogen-bond acceptors (Lipinski definition) is 3. The first-order valence-corrected chi connectivity index (χ1v) is 5.26. The van der Waals surface area contributed by atoms with E-state index in [-0.39, 0.29) is 0 Å². The molecule has 2 rings (SSSR count). The van der Waals surface area contributed by atoms with Crippen LogP contribution >= 0.6 is 0 Å². The molecule has 1 saturated heterocycles. The molecule has 0 spiro atoms. The second-order valence-electron chi connectivity index (χ2n) is 4.19. The lowest BCUT2D eigenvalue weighted by Crippen LogP contribution is -2.47. The number of ether oxygens (including phenoxy) is 1. The van der Waals surface area contributed by atoms with E-state index in [1.165, 1.54) is 4.90 Å². The van der Waals surface area contributed by atoms with Gasteiger partial charge in [0, 0.05) is 0 Å². The third-order valence-electron chi connectivity index (χ3n) is 3.00. The van der Waals surface area contributed by atoms with Gasteiger partial charge >= 0.3 is 6.09 Å². The van der Waals surface area contributed by atoms with Gasteiger partial charge in [0.25, 0.3) is 0 Å². The number of nitrogens with zero attached hydrogens (tertiary/aromatic N) is 1. The van der Waals surface area contributed by atoms with E-state index in [1.807, 2.05) is 30.3 Å². The highest BCUT2D eigenvalue weighted by atomic mass is 16.6. The Hall–Kier alpha value is -1.55. The van der Waals surface area contributed by atoms with E-state index in [0.29, 0.717) is 6.54 Å². The highest BCUT2D eigenvalue weighted by Crippen LogP contribution is 2.29. The number of amides is 1. The minimum Gasteiger partial charge on any atom is -0.441 e. The second kappa shape index (κ2) is 3.79. The van der Waals surface area contributed by atoms with E-state index >= 15 is 0 Å². The molecule has 86 valence electrons. The van der Waals surface area contributed by atoms with Crippen molar-refractivity contribution in [2.24, 2.45) is 0 Å². The van der Waals surface area contributed by atoms with Crippen molar-refractivity contribution in [2.45, 2.75) is 32.2 Å². The number of benzene rings is 1. The number of carbonyl (C=O) groups excluding carboxylic acids is 1. The molecule has 2 atom stereocenters. The van der Waals surface area contributed by atoms with Crippen molar-refractivity contribution in [3.63, 3.8) is 0 Å². The zero-order chi connectivity index (χ0) is 11.8. The summed E-state index contributed by atoms with van der Waals surface area (Å²) >= 11 is 0. The van der Waals surface area contributed by atoms with Crippen LogP contribution in [0, 0.1) is 0 Å². The van der Waals surface area contributed by atoms with E-state index < -0.39 is 17.9 Å². The molecule has 0 aromatic heterocycles. The summed E-state index contributed by atoms with van der Waals surface area (Å²) < 4.78 is 5.00. The minimum absolute atomic E-state index is 0.358. The molecule has 1 aromatic rings. The first-order valence-electron chi connectivity index (χ1n) is 5.26. The Kier molecular flexibility index (Phi) is 2.59. The Balaban J connectivity index is 2.19. The molecule has 1 N–H and O–H groups in total. The lowest BCUT2D eigenvalue weighted by Gasteiger charge is -2.28. The average Bonchev–Trinajstić information content (AvgIpc) is 2.43. The van der Waals surface area contributed by atoms with Crippen LogP contribution in [-0.2, 0) is 11.3 Å². The summed E-state index contributed by atoms with van der Waals surface area (Å²) in [7, 11) is 0. The lowest BCUT2D eigenvalue weighted by atomic mass is 10.1. The molecular formula is C12H15NO3. The summed E-state index contributed by atoms with van der Waals surface area (Å²) in [6.45, 7) is 3.63. The monoisotopic (exact) mass is 221 g/mol. The highest BCUT2D eigenvalue weighted by molar-refractivity contribution is 5.71. The molecule has 4 heteroatoms. The van der Waals surface area contributed by atoms with Gasteiger partial charge in [0.05, 0.1) is 6.54 Å². The minimum atomic E-state index is -1.24. The van der Waals surface area contributed by atoms with Crippen LogP contribution in [0.5, 0.6) is 0 Å². The molecule has 0 unspecified atom stereocenters. The number of aliphatic hydroxyl groups is 1. The van der Waals surface area contributed by atoms with E-state index in [4.69, 9.17) is 4.74 Å². The molecule has 1 amide bonds. The SMILES string of the molecule is C[C@@H]1OC(=O)N(Cc2ccccc2)[C@]1(C)O. The van der Waals surface area contributed by atoms with E-state index in [9.17, 15) is 9.90 Å². The maximum absolute atomic E-state index is 11.5. The van der Waals surface area contributed by atoms with Gasteiger partial charge in [0.15, 0.2) is 5.72 Å². The third kappa shape index (κ3) is 1.76. The van der Waals surface area contributed by atoms with Crippen LogP contribution < -0.4 is 0 Å². The van der Waals surface area contributed by atoms with Crippen molar-refractivity contribution < 1.29 is 14.6 Å². The molecule has 0 bridgehead atoms. The van der Waals surface area contributed by atoms with E-state index in [1.54, 1.807) is 13.8 Å². The Morgan fingerprint density at radius 2 is 2.06 bits per heavy atom. The van der Waals surface area contributed by atoms with Crippen LogP contribution in [-0.4, -0.2) is 27.9 Å². The van der Waals surface area contributed by atoms with Gasteiger partial charge in [-0.3, -0.25) is 4.90 Å². The van der Waals surface area contributed by atoms with Gasteiger partial charge in [-0.1, -0.05) is 30.3 Å². The Morgan fingerprint density at radius 3 is 2.56 bits per heavy atom. The predicted molar refractivity (Wildman–Crippen MR) is 58.6 cm³/mol. The first-order chi connectivity index (χ1) is 7.51. The van der Waals surface area contributed by atoms with Gasteiger partial charge in [-0.15, -0.1) is 0 Å². The Labute approximate surface area is 94.4 Å². The zero-order valence-corrected chi connectivity index (χ0v) is 9.38. The average molecular weight is 221 g/mol. The number of rotatable bonds is 2. The van der Waals surface area contributed by atoms with Crippen molar-refractivity contribution in [2.75, 3.05) is 0 Å². The van der Waals surface area contributed by atoms with Gasteiger partial charge < -0.3 is 9.84 Å². The largest absolute Gasteiger partial charge is 0.441 e. The summed E-state index contributed by atoms with van der Waals surface area (Å²) in [4.78, 5) is 12.9. The highest BCUT2D eigenvalue weighted by Gasteiger charge is 2.48. The number of carbonyl (C=O) groups is 1. The molecule has 1 heterocycles. The molecule has 1 aromatic carbocycles. The van der Waals surface area contributed by atoms with Gasteiger partial charge in [-0.25, -0.2) is 4.79 Å². The van der Waals surface area contributed by atoms with Gasteiger partial charge in [-0.2, -0.15) is 0 Å². The third-order valence-corrected chi connectivity index (χ3v) is 3.00. The second-order valence-corrected chi connectivity index (χ2v) is 4.19. The van der Waals surface area contributed by atoms with Gasteiger partial charge in [0.1, 0.15) is 6.10 Å². The zero-order valence-electron chi connectivity index (χ0n) is 9.38. The van der Waals surface area contributed by atoms with Crippen molar-refractivity contribution in [1.29, 1.82) is 0 Å². The van der Waals surface area contributed by atoms with Crippen LogP contribution in [0.4, 0.5) is 4.79 Å². The van der Waals surface area contributed by atoms with Crippen LogP contribution in [0.1, 0.15) is 19.4 Å². The van der Waals surface area contributed by atoms with Gasteiger partial charge in [-0.05, 0) is 19.4 Å². The quantitative estimate of drug-likeness (QED) is 0.827. The summed E-state index contributed by atoms with van der Waals surface area (Å²) in [6, 6.07) is 9.52. The molecular weight excluding hydrogens is 206 g/mol. The number of cyclic esters (lactones) is 1. The molecule has 16 heavy (non-hydrogen) atoms. The molecule has 0 saturated carbocycles. The van der Waals surface area contributed by atoms with Crippen LogP contribution in [0.25, 0.3) is 0 Å². The maximum Gasteiger partial charge on any atom is 0.412 e. The van der Waals surface area contributed by atoms with Gasteiger partial charge in [0.2, 0.25) is 0 Å². The molecule has 4 nitrogen and oxygen atoms in total. The van der Waals surface area contributed by atoms with Crippen LogP contribution in [0.2, 0.25) is 0 Å². The van der Waals surface area contributed by atoms with E-state index in [0.717, 1.165) is 5.56 Å². The maximum atomic E-state index is 11.5. The number of hydrogen-bond donors (Lipinski definition) is 1. The standard InChI is InChI=1S/C12H15NO3/c1-9-12(2,15)13(11(14)16-9)8-10-6-4-3-5-7-10/h3-7,9,15H,8H2,1-2H3/t9-,12+/m0/s1. The van der Waals surface area contributed by atoms with Crippen molar-refractivity contribution in [1.82, 2.24) is 4.90 Å². The van der Waals surface area contributed by atoms with E-state index in [2.05, 4.69) is 0 Å². The molecule has 0 radical (unpaired) electrons. The summed E-state index contributed by atoms with van der Waals surface area (Å²) in [6.07, 6.45) is -0.981. The van der Waals surface area contributed by atoms with Crippen LogP contribution in [0.15, 0.2) is 30.3 Å². The summed E-state index contributed by atoms with van der Waals surface area (Å²) in [5, 5.41) is 10.1. The van der Waals surface area contributed by atoms with Crippen molar-refractivity contribution in [3.8, 4) is 0 Å². The Morgan fingerprint density at radius 1 is 1.44 bits per heavy atom. The molecule has 1 fully saturated rings. The van der Waals surface area contributed by atoms with Crippen molar-refractivity contribution in [3.05, 3.63) is 35.9 Å². The fourth-order valence-electron chi connectivity index (χ4n) is 1.72. The topological polar surface area (TPSA) is 49.8 Å². The summed E-state index contributed by atoms with van der Waals surface area (Å²) in [5.41, 5.74) is -0.277. The predicted octanol–water partition coefficient (Wildman–Crippen LogP) is 1.74. The Bertz CT molecular complexity index is 389. The lowest BCUT2D eigenvalue weighted by molar-refractivity contribution is -0.0809. The fourth-order valence-corrected chi connectivity index (χ4v) is 1.72. The molecule has 1 aliphatic heterocycles. The molecule has 1 aliphatic rings. The van der Waals surface area contributed by atoms with Crippen LogP contribution in [0.3, 0.4) is 0 Å². The summed E-state index contributed by atoms with van der Waals surface area (Å²) in [5.74, 6) is 0. The smallest absolute Gasteiger partial charge is 0.412 e. The normalized spacial score (nSPS) is 29.3. The fraction of sp³-hybridized carbons (Fsp3) is 0.417. The van der Waals surface area contributed by atoms with Crippen molar-refractivity contribution >= 4 is 6.09 Å². The molecule has 0 aliphatic carbocycles.